The number of unbranched alkanes of at least 4 members (excludes halogenated alkanes) is 1. The summed E-state index contributed by atoms with van der Waals surface area (Å²) in [6.45, 7) is 8.63. The van der Waals surface area contributed by atoms with E-state index in [-0.39, 0.29) is 0 Å². The number of pyridine rings is 1. The van der Waals surface area contributed by atoms with Crippen molar-refractivity contribution in [3.8, 4) is 17.3 Å². The first-order valence-electron chi connectivity index (χ1n) is 12.5. The summed E-state index contributed by atoms with van der Waals surface area (Å²) in [7, 11) is 0. The van der Waals surface area contributed by atoms with E-state index in [0.717, 1.165) is 42.0 Å². The normalized spacial score (nSPS) is 14.1. The Morgan fingerprint density at radius 3 is 2.63 bits per heavy atom. The Balaban J connectivity index is 1.35. The van der Waals surface area contributed by atoms with E-state index in [1.54, 1.807) is 0 Å². The number of fused-ring (bicyclic) bond motifs is 1. The molecule has 0 radical (unpaired) electrons. The summed E-state index contributed by atoms with van der Waals surface area (Å²) in [6.07, 6.45) is 6.52. The summed E-state index contributed by atoms with van der Waals surface area (Å²) < 4.78 is 7.74. The van der Waals surface area contributed by atoms with E-state index in [1.165, 1.54) is 31.5 Å². The number of aryl methyl sites for hydroxylation is 1. The number of hydrogen-bond acceptors (Lipinski definition) is 7. The predicted octanol–water partition coefficient (Wildman–Crippen LogP) is 4.60. The Kier molecular flexibility index (Phi) is 6.90. The first-order chi connectivity index (χ1) is 17.1. The molecule has 1 aromatic carbocycles. The number of imidazole rings is 1. The monoisotopic (exact) mass is 471 g/mol. The van der Waals surface area contributed by atoms with Crippen LogP contribution in [-0.4, -0.2) is 49.1 Å². The third-order valence-electron chi connectivity index (χ3n) is 6.51. The first-order valence-corrected chi connectivity index (χ1v) is 12.5. The average molecular weight is 472 g/mol. The van der Waals surface area contributed by atoms with Crippen LogP contribution in [0.4, 0.5) is 5.82 Å². The second kappa shape index (κ2) is 10.4. The van der Waals surface area contributed by atoms with Gasteiger partial charge in [-0.1, -0.05) is 37.6 Å². The molecular formula is C27H33N7O. The second-order valence-corrected chi connectivity index (χ2v) is 9.25. The molecule has 4 aromatic rings. The summed E-state index contributed by atoms with van der Waals surface area (Å²) in [4.78, 5) is 20.8. The van der Waals surface area contributed by atoms with E-state index in [2.05, 4.69) is 63.2 Å². The zero-order valence-corrected chi connectivity index (χ0v) is 20.6. The van der Waals surface area contributed by atoms with Gasteiger partial charge in [-0.2, -0.15) is 9.97 Å². The molecule has 0 amide bonds. The molecule has 5 rings (SSSR count). The highest BCUT2D eigenvalue weighted by molar-refractivity contribution is 5.82. The number of nitrogens with zero attached hydrogens (tertiary/aromatic N) is 6. The van der Waals surface area contributed by atoms with Gasteiger partial charge in [0.1, 0.15) is 5.82 Å². The molecule has 8 heteroatoms. The Hall–Kier alpha value is -3.52. The molecule has 1 saturated heterocycles. The Bertz CT molecular complexity index is 1290. The van der Waals surface area contributed by atoms with Gasteiger partial charge < -0.3 is 15.0 Å². The summed E-state index contributed by atoms with van der Waals surface area (Å²) in [5, 5.41) is 0. The zero-order valence-electron chi connectivity index (χ0n) is 20.6. The molecule has 3 aromatic heterocycles. The topological polar surface area (TPSA) is 95.0 Å². The molecule has 0 bridgehead atoms. The van der Waals surface area contributed by atoms with Crippen molar-refractivity contribution in [2.75, 3.05) is 25.4 Å². The fraction of sp³-hybridized carbons (Fsp3) is 0.407. The summed E-state index contributed by atoms with van der Waals surface area (Å²) in [5.41, 5.74) is 12.0. The lowest BCUT2D eigenvalue weighted by molar-refractivity contribution is 0.286. The molecule has 0 atom stereocenters. The van der Waals surface area contributed by atoms with Gasteiger partial charge in [0, 0.05) is 18.3 Å². The maximum absolute atomic E-state index is 6.16. The lowest BCUT2D eigenvalue weighted by atomic mass is 10.1. The molecule has 2 N–H and O–H groups in total. The van der Waals surface area contributed by atoms with E-state index in [9.17, 15) is 0 Å². The van der Waals surface area contributed by atoms with Crippen LogP contribution in [0.15, 0.2) is 42.6 Å². The van der Waals surface area contributed by atoms with Crippen LogP contribution < -0.4 is 10.5 Å². The molecule has 1 aliphatic heterocycles. The molecule has 8 nitrogen and oxygen atoms in total. The predicted molar refractivity (Wildman–Crippen MR) is 138 cm³/mol. The zero-order chi connectivity index (χ0) is 24.2. The van der Waals surface area contributed by atoms with Gasteiger partial charge in [0.15, 0.2) is 17.0 Å². The van der Waals surface area contributed by atoms with Crippen LogP contribution in [0.25, 0.3) is 22.4 Å². The van der Waals surface area contributed by atoms with Crippen molar-refractivity contribution in [3.63, 3.8) is 0 Å². The van der Waals surface area contributed by atoms with Crippen LogP contribution in [-0.2, 0) is 13.1 Å². The summed E-state index contributed by atoms with van der Waals surface area (Å²) in [5.74, 6) is 1.16. The lowest BCUT2D eigenvalue weighted by Gasteiger charge is -2.15. The van der Waals surface area contributed by atoms with E-state index >= 15 is 0 Å². The highest BCUT2D eigenvalue weighted by Crippen LogP contribution is 2.24. The van der Waals surface area contributed by atoms with Crippen molar-refractivity contribution in [3.05, 3.63) is 59.5 Å². The highest BCUT2D eigenvalue weighted by atomic mass is 16.5. The first kappa shape index (κ1) is 23.2. The lowest BCUT2D eigenvalue weighted by Crippen LogP contribution is -2.18. The highest BCUT2D eigenvalue weighted by Gasteiger charge is 2.16. The second-order valence-electron chi connectivity index (χ2n) is 9.25. The van der Waals surface area contributed by atoms with Crippen LogP contribution in [0.3, 0.4) is 0 Å². The molecule has 1 aliphatic rings. The number of anilines is 1. The van der Waals surface area contributed by atoms with Crippen molar-refractivity contribution < 1.29 is 4.74 Å². The quantitative estimate of drug-likeness (QED) is 0.356. The number of nitrogen functional groups attached to an aromatic ring is 1. The molecule has 0 saturated carbocycles. The van der Waals surface area contributed by atoms with Gasteiger partial charge >= 0.3 is 6.01 Å². The largest absolute Gasteiger partial charge is 0.463 e. The smallest absolute Gasteiger partial charge is 0.320 e. The number of hydrogen-bond donors (Lipinski definition) is 1. The van der Waals surface area contributed by atoms with Gasteiger partial charge in [0.05, 0.1) is 18.8 Å². The number of ether oxygens (including phenoxy) is 1. The van der Waals surface area contributed by atoms with Gasteiger partial charge in [-0.25, -0.2) is 4.98 Å². The molecule has 0 unspecified atom stereocenters. The van der Waals surface area contributed by atoms with Crippen molar-refractivity contribution in [1.29, 1.82) is 0 Å². The molecular weight excluding hydrogens is 438 g/mol. The SMILES string of the molecule is CCCCOc1nc(N)c2nc(C)n(Cc3ccc(-c4cccc(CN5CCCC5)c4)nc3)c2n1. The molecule has 4 heterocycles. The molecule has 35 heavy (non-hydrogen) atoms. The number of benzene rings is 1. The van der Waals surface area contributed by atoms with Gasteiger partial charge in [0.25, 0.3) is 0 Å². The van der Waals surface area contributed by atoms with Gasteiger partial charge in [-0.3, -0.25) is 9.88 Å². The number of rotatable bonds is 9. The number of likely N-dealkylation sites (tertiary alicyclic amines) is 1. The standard InChI is InChI=1S/C27H33N7O/c1-3-4-14-35-27-31-25(28)24-26(32-27)34(19(2)30-24)18-21-10-11-23(29-16-21)22-9-7-8-20(15-22)17-33-12-5-6-13-33/h7-11,15-16H,3-6,12-14,17-18H2,1-2H3,(H2,28,31,32). The van der Waals surface area contributed by atoms with Crippen molar-refractivity contribution in [2.24, 2.45) is 0 Å². The van der Waals surface area contributed by atoms with Crippen molar-refractivity contribution in [1.82, 2.24) is 29.4 Å². The third-order valence-corrected chi connectivity index (χ3v) is 6.51. The molecule has 182 valence electrons. The Morgan fingerprint density at radius 1 is 1.00 bits per heavy atom. The minimum absolute atomic E-state index is 0.298. The van der Waals surface area contributed by atoms with Crippen LogP contribution in [0.5, 0.6) is 6.01 Å². The van der Waals surface area contributed by atoms with E-state index in [0.29, 0.717) is 36.1 Å². The van der Waals surface area contributed by atoms with Crippen LogP contribution in [0.1, 0.15) is 49.6 Å². The van der Waals surface area contributed by atoms with Crippen LogP contribution >= 0.6 is 0 Å². The fourth-order valence-corrected chi connectivity index (χ4v) is 4.57. The minimum Gasteiger partial charge on any atom is -0.463 e. The molecule has 0 spiro atoms. The Labute approximate surface area is 206 Å². The average Bonchev–Trinajstić information content (AvgIpc) is 3.48. The minimum atomic E-state index is 0.298. The molecule has 1 fully saturated rings. The van der Waals surface area contributed by atoms with Crippen molar-refractivity contribution in [2.45, 2.75) is 52.6 Å². The maximum Gasteiger partial charge on any atom is 0.320 e. The van der Waals surface area contributed by atoms with Crippen molar-refractivity contribution >= 4 is 17.0 Å². The van der Waals surface area contributed by atoms with Gasteiger partial charge in [-0.15, -0.1) is 0 Å². The van der Waals surface area contributed by atoms with Crippen LogP contribution in [0.2, 0.25) is 0 Å². The van der Waals surface area contributed by atoms with Gasteiger partial charge in [-0.05, 0) is 62.5 Å². The van der Waals surface area contributed by atoms with E-state index < -0.39 is 0 Å². The van der Waals surface area contributed by atoms with E-state index in [1.807, 2.05) is 17.7 Å². The summed E-state index contributed by atoms with van der Waals surface area (Å²) in [6, 6.07) is 13.2. The van der Waals surface area contributed by atoms with E-state index in [4.69, 9.17) is 15.5 Å². The Morgan fingerprint density at radius 2 is 1.86 bits per heavy atom. The number of aromatic nitrogens is 5. The maximum atomic E-state index is 6.16. The number of nitrogens with two attached hydrogens (primary N) is 1. The van der Waals surface area contributed by atoms with Gasteiger partial charge in [0.2, 0.25) is 0 Å². The third kappa shape index (κ3) is 5.27. The fourth-order valence-electron chi connectivity index (χ4n) is 4.57. The molecule has 0 aliphatic carbocycles. The van der Waals surface area contributed by atoms with Crippen LogP contribution in [0, 0.1) is 6.92 Å². The summed E-state index contributed by atoms with van der Waals surface area (Å²) >= 11 is 0.